The first-order valence-electron chi connectivity index (χ1n) is 6.95. The van der Waals surface area contributed by atoms with Crippen LogP contribution in [0.1, 0.15) is 13.3 Å². The first-order chi connectivity index (χ1) is 9.31. The zero-order valence-electron chi connectivity index (χ0n) is 12.8. The second-order valence-corrected chi connectivity index (χ2v) is 5.83. The quantitative estimate of drug-likeness (QED) is 0.296. The zero-order valence-corrected chi connectivity index (χ0v) is 15.9. The van der Waals surface area contributed by atoms with E-state index in [0.29, 0.717) is 19.8 Å². The monoisotopic (exact) mass is 417 g/mol. The van der Waals surface area contributed by atoms with Gasteiger partial charge < -0.3 is 19.7 Å². The summed E-state index contributed by atoms with van der Waals surface area (Å²) < 4.78 is 10.4. The summed E-state index contributed by atoms with van der Waals surface area (Å²) in [5, 5.41) is 4.09. The molecule has 0 aromatic heterocycles. The van der Waals surface area contributed by atoms with Crippen molar-refractivity contribution in [2.75, 3.05) is 59.4 Å². The van der Waals surface area contributed by atoms with Gasteiger partial charge in [-0.15, -0.1) is 24.0 Å². The normalized spacial score (nSPS) is 19.6. The van der Waals surface area contributed by atoms with Gasteiger partial charge in [-0.1, -0.05) is 6.92 Å². The van der Waals surface area contributed by atoms with Crippen molar-refractivity contribution in [2.24, 2.45) is 4.99 Å². The van der Waals surface area contributed by atoms with Gasteiger partial charge in [-0.3, -0.25) is 4.99 Å². The van der Waals surface area contributed by atoms with Gasteiger partial charge in [-0.25, -0.2) is 0 Å². The molecule has 0 aromatic rings. The number of hydrogen-bond acceptors (Lipinski definition) is 4. The van der Waals surface area contributed by atoms with Crippen LogP contribution in [0.15, 0.2) is 4.99 Å². The van der Waals surface area contributed by atoms with Crippen LogP contribution >= 0.6 is 35.7 Å². The molecule has 7 heteroatoms. The Morgan fingerprint density at radius 2 is 2.20 bits per heavy atom. The van der Waals surface area contributed by atoms with Crippen molar-refractivity contribution in [3.63, 3.8) is 0 Å². The summed E-state index contributed by atoms with van der Waals surface area (Å²) in [5.41, 5.74) is 0. The van der Waals surface area contributed by atoms with E-state index >= 15 is 0 Å². The third kappa shape index (κ3) is 7.90. The number of guanidine groups is 1. The highest BCUT2D eigenvalue weighted by Gasteiger charge is 2.21. The molecule has 1 unspecified atom stereocenters. The highest BCUT2D eigenvalue weighted by atomic mass is 127. The lowest BCUT2D eigenvalue weighted by molar-refractivity contribution is 0.0731. The molecular formula is C13H28IN3O2S. The minimum Gasteiger partial charge on any atom is -0.382 e. The number of rotatable bonds is 7. The molecular weight excluding hydrogens is 389 g/mol. The van der Waals surface area contributed by atoms with Crippen LogP contribution in [0.3, 0.4) is 0 Å². The van der Waals surface area contributed by atoms with Crippen LogP contribution in [-0.4, -0.2) is 75.5 Å². The van der Waals surface area contributed by atoms with E-state index in [9.17, 15) is 0 Å². The number of nitrogens with one attached hydrogen (secondary N) is 1. The van der Waals surface area contributed by atoms with Crippen molar-refractivity contribution in [3.05, 3.63) is 0 Å². The van der Waals surface area contributed by atoms with Gasteiger partial charge >= 0.3 is 0 Å². The van der Waals surface area contributed by atoms with Crippen molar-refractivity contribution in [1.82, 2.24) is 10.2 Å². The van der Waals surface area contributed by atoms with Crippen molar-refractivity contribution in [1.29, 1.82) is 0 Å². The molecule has 120 valence electrons. The van der Waals surface area contributed by atoms with E-state index in [0.717, 1.165) is 30.8 Å². The van der Waals surface area contributed by atoms with Gasteiger partial charge in [0.1, 0.15) is 0 Å². The first kappa shape index (κ1) is 20.3. The number of aliphatic imine (C=N–C) groups is 1. The fraction of sp³-hybridized carbons (Fsp3) is 0.923. The number of nitrogens with zero attached hydrogens (tertiary/aromatic N) is 2. The first-order valence-corrected chi connectivity index (χ1v) is 8.00. The second-order valence-electron chi connectivity index (χ2n) is 4.43. The molecule has 1 heterocycles. The Labute approximate surface area is 144 Å². The third-order valence-corrected chi connectivity index (χ3v) is 4.44. The predicted octanol–water partition coefficient (Wildman–Crippen LogP) is 1.67. The van der Waals surface area contributed by atoms with Gasteiger partial charge in [0, 0.05) is 44.8 Å². The summed E-state index contributed by atoms with van der Waals surface area (Å²) in [6.45, 7) is 7.18. The van der Waals surface area contributed by atoms with Crippen LogP contribution in [0.5, 0.6) is 0 Å². The van der Waals surface area contributed by atoms with E-state index in [4.69, 9.17) is 9.47 Å². The standard InChI is InChI=1S/C13H27N3O2S.HI/c1-4-12-11-16(6-10-19-12)13(14-2)15-5-7-18-9-8-17-3;/h12H,4-11H2,1-3H3,(H,14,15);1H. The maximum atomic E-state index is 5.43. The van der Waals surface area contributed by atoms with Crippen LogP contribution in [0.25, 0.3) is 0 Å². The van der Waals surface area contributed by atoms with Crippen LogP contribution in [-0.2, 0) is 9.47 Å². The maximum absolute atomic E-state index is 5.43. The number of hydrogen-bond donors (Lipinski definition) is 1. The summed E-state index contributed by atoms with van der Waals surface area (Å²) in [5.74, 6) is 2.18. The van der Waals surface area contributed by atoms with Crippen molar-refractivity contribution in [2.45, 2.75) is 18.6 Å². The van der Waals surface area contributed by atoms with Gasteiger partial charge in [-0.05, 0) is 6.42 Å². The largest absolute Gasteiger partial charge is 0.382 e. The van der Waals surface area contributed by atoms with Crippen LogP contribution in [0.2, 0.25) is 0 Å². The smallest absolute Gasteiger partial charge is 0.193 e. The number of methoxy groups -OCH3 is 1. The van der Waals surface area contributed by atoms with E-state index in [1.165, 1.54) is 12.2 Å². The molecule has 1 atom stereocenters. The molecule has 0 aliphatic carbocycles. The van der Waals surface area contributed by atoms with Crippen molar-refractivity contribution in [3.8, 4) is 0 Å². The highest BCUT2D eigenvalue weighted by molar-refractivity contribution is 14.0. The number of ether oxygens (including phenoxy) is 2. The van der Waals surface area contributed by atoms with Gasteiger partial charge in [0.05, 0.1) is 19.8 Å². The summed E-state index contributed by atoms with van der Waals surface area (Å²) in [6, 6.07) is 0. The molecule has 1 fully saturated rings. The van der Waals surface area contributed by atoms with Crippen LogP contribution in [0.4, 0.5) is 0 Å². The lowest BCUT2D eigenvalue weighted by Gasteiger charge is -2.34. The van der Waals surface area contributed by atoms with E-state index in [2.05, 4.69) is 33.9 Å². The Balaban J connectivity index is 0.00000361. The van der Waals surface area contributed by atoms with Gasteiger partial charge in [0.2, 0.25) is 0 Å². The fourth-order valence-corrected chi connectivity index (χ4v) is 3.15. The summed E-state index contributed by atoms with van der Waals surface area (Å²) in [4.78, 5) is 6.70. The third-order valence-electron chi connectivity index (χ3n) is 3.07. The molecule has 20 heavy (non-hydrogen) atoms. The molecule has 0 radical (unpaired) electrons. The minimum atomic E-state index is 0. The lowest BCUT2D eigenvalue weighted by Crippen LogP contribution is -2.48. The molecule has 1 N–H and O–H groups in total. The molecule has 1 aliphatic heterocycles. The van der Waals surface area contributed by atoms with E-state index in [1.54, 1.807) is 7.11 Å². The number of thioether (sulfide) groups is 1. The lowest BCUT2D eigenvalue weighted by atomic mass is 10.3. The Morgan fingerprint density at radius 1 is 1.40 bits per heavy atom. The van der Waals surface area contributed by atoms with E-state index < -0.39 is 0 Å². The van der Waals surface area contributed by atoms with Gasteiger partial charge in [0.15, 0.2) is 5.96 Å². The zero-order chi connectivity index (χ0) is 13.9. The average Bonchev–Trinajstić information content (AvgIpc) is 2.46. The van der Waals surface area contributed by atoms with Crippen molar-refractivity contribution >= 4 is 41.7 Å². The van der Waals surface area contributed by atoms with Gasteiger partial charge in [-0.2, -0.15) is 11.8 Å². The summed E-state index contributed by atoms with van der Waals surface area (Å²) in [6.07, 6.45) is 1.22. The topological polar surface area (TPSA) is 46.1 Å². The summed E-state index contributed by atoms with van der Waals surface area (Å²) in [7, 11) is 3.53. The fourth-order valence-electron chi connectivity index (χ4n) is 1.97. The van der Waals surface area contributed by atoms with Crippen molar-refractivity contribution < 1.29 is 9.47 Å². The van der Waals surface area contributed by atoms with Crippen LogP contribution < -0.4 is 5.32 Å². The molecule has 5 nitrogen and oxygen atoms in total. The van der Waals surface area contributed by atoms with E-state index in [1.807, 2.05) is 7.05 Å². The molecule has 0 amide bonds. The van der Waals surface area contributed by atoms with Crippen LogP contribution in [0, 0.1) is 0 Å². The Hall–Kier alpha value is 0.270. The molecule has 0 bridgehead atoms. The minimum absolute atomic E-state index is 0. The molecule has 0 aromatic carbocycles. The maximum Gasteiger partial charge on any atom is 0.193 e. The highest BCUT2D eigenvalue weighted by Crippen LogP contribution is 2.20. The van der Waals surface area contributed by atoms with E-state index in [-0.39, 0.29) is 24.0 Å². The average molecular weight is 417 g/mol. The number of halogens is 1. The second kappa shape index (κ2) is 13.0. The molecule has 1 saturated heterocycles. The predicted molar refractivity (Wildman–Crippen MR) is 97.6 cm³/mol. The Kier molecular flexibility index (Phi) is 13.1. The SMILES string of the molecule is CCC1CN(C(=NC)NCCOCCOC)CCS1.I. The van der Waals surface area contributed by atoms with Gasteiger partial charge in [0.25, 0.3) is 0 Å². The molecule has 1 rings (SSSR count). The molecule has 0 saturated carbocycles. The molecule has 1 aliphatic rings. The Morgan fingerprint density at radius 3 is 2.85 bits per heavy atom. The Bertz CT molecular complexity index is 270. The summed E-state index contributed by atoms with van der Waals surface area (Å²) >= 11 is 2.07. The molecule has 0 spiro atoms.